The number of nitrogens with zero attached hydrogens (tertiary/aromatic N) is 1. The average molecular weight is 277 g/mol. The second-order valence-electron chi connectivity index (χ2n) is 5.27. The van der Waals surface area contributed by atoms with Crippen LogP contribution < -0.4 is 11.1 Å². The smallest absolute Gasteiger partial charge is 0.267 e. The topological polar surface area (TPSA) is 60.0 Å². The number of rotatable bonds is 5. The number of amides is 1. The van der Waals surface area contributed by atoms with Gasteiger partial charge in [0, 0.05) is 23.2 Å². The van der Waals surface area contributed by atoms with E-state index in [4.69, 9.17) is 5.73 Å². The molecule has 0 radical (unpaired) electrons. The van der Waals surface area contributed by atoms with E-state index < -0.39 is 5.54 Å². The van der Waals surface area contributed by atoms with Gasteiger partial charge < -0.3 is 15.6 Å². The molecule has 4 nitrogen and oxygen atoms in total. The molecule has 0 unspecified atom stereocenters. The minimum atomic E-state index is -0.402. The Morgan fingerprint density at radius 3 is 2.84 bits per heavy atom. The number of aromatic nitrogens is 1. The van der Waals surface area contributed by atoms with Gasteiger partial charge in [-0.05, 0) is 37.4 Å². The van der Waals surface area contributed by atoms with Crippen LogP contribution in [0.2, 0.25) is 0 Å². The quantitative estimate of drug-likeness (QED) is 0.879. The molecule has 0 aliphatic carbocycles. The maximum Gasteiger partial charge on any atom is 0.267 e. The molecule has 0 saturated carbocycles. The minimum Gasteiger partial charge on any atom is -0.349 e. The van der Waals surface area contributed by atoms with E-state index in [0.717, 1.165) is 6.54 Å². The van der Waals surface area contributed by atoms with Crippen LogP contribution in [-0.4, -0.2) is 22.6 Å². The van der Waals surface area contributed by atoms with E-state index in [1.165, 1.54) is 4.88 Å². The third-order valence-corrected chi connectivity index (χ3v) is 3.53. The fourth-order valence-electron chi connectivity index (χ4n) is 1.73. The minimum absolute atomic E-state index is 0.0833. The number of thiophene rings is 1. The number of hydrogen-bond acceptors (Lipinski definition) is 3. The Labute approximate surface area is 117 Å². The first-order valence-corrected chi connectivity index (χ1v) is 7.08. The Kier molecular flexibility index (Phi) is 4.07. The predicted molar refractivity (Wildman–Crippen MR) is 78.5 cm³/mol. The van der Waals surface area contributed by atoms with Gasteiger partial charge in [-0.15, -0.1) is 11.3 Å². The maximum absolute atomic E-state index is 12.1. The Morgan fingerprint density at radius 1 is 1.42 bits per heavy atom. The molecule has 3 N–H and O–H groups in total. The molecule has 0 saturated heterocycles. The van der Waals surface area contributed by atoms with E-state index in [1.807, 2.05) is 48.2 Å². The zero-order valence-corrected chi connectivity index (χ0v) is 12.0. The Morgan fingerprint density at radius 2 is 2.21 bits per heavy atom. The summed E-state index contributed by atoms with van der Waals surface area (Å²) in [6.45, 7) is 4.95. The average Bonchev–Trinajstić information content (AvgIpc) is 2.97. The van der Waals surface area contributed by atoms with Crippen LogP contribution in [-0.2, 0) is 6.54 Å². The van der Waals surface area contributed by atoms with E-state index >= 15 is 0 Å². The summed E-state index contributed by atoms with van der Waals surface area (Å²) < 4.78 is 1.95. The monoisotopic (exact) mass is 277 g/mol. The van der Waals surface area contributed by atoms with Gasteiger partial charge in [0.1, 0.15) is 5.69 Å². The van der Waals surface area contributed by atoms with E-state index in [1.54, 1.807) is 11.3 Å². The van der Waals surface area contributed by atoms with Crippen molar-refractivity contribution < 1.29 is 4.79 Å². The molecule has 2 heterocycles. The van der Waals surface area contributed by atoms with Gasteiger partial charge in [-0.1, -0.05) is 6.07 Å². The molecular formula is C14H19N3OS. The van der Waals surface area contributed by atoms with Crippen molar-refractivity contribution in [1.82, 2.24) is 9.88 Å². The third kappa shape index (κ3) is 3.94. The number of carbonyl (C=O) groups is 1. The summed E-state index contributed by atoms with van der Waals surface area (Å²) in [7, 11) is 0. The van der Waals surface area contributed by atoms with Crippen LogP contribution in [0, 0.1) is 0 Å². The van der Waals surface area contributed by atoms with Crippen LogP contribution in [0.3, 0.4) is 0 Å². The highest BCUT2D eigenvalue weighted by molar-refractivity contribution is 7.09. The lowest BCUT2D eigenvalue weighted by atomic mass is 10.1. The van der Waals surface area contributed by atoms with E-state index in [9.17, 15) is 4.79 Å². The second kappa shape index (κ2) is 5.59. The predicted octanol–water partition coefficient (Wildman–Crippen LogP) is 2.06. The highest BCUT2D eigenvalue weighted by atomic mass is 32.1. The molecule has 0 bridgehead atoms. The zero-order chi connectivity index (χ0) is 13.9. The van der Waals surface area contributed by atoms with Crippen molar-refractivity contribution in [3.8, 4) is 0 Å². The SMILES string of the molecule is CC(C)(N)CNC(=O)c1cccn1Cc1cccs1. The molecule has 102 valence electrons. The van der Waals surface area contributed by atoms with E-state index in [0.29, 0.717) is 12.2 Å². The molecule has 0 aliphatic heterocycles. The maximum atomic E-state index is 12.1. The summed E-state index contributed by atoms with van der Waals surface area (Å²) in [6.07, 6.45) is 1.92. The van der Waals surface area contributed by atoms with Crippen molar-refractivity contribution in [2.45, 2.75) is 25.9 Å². The number of nitrogens with one attached hydrogen (secondary N) is 1. The van der Waals surface area contributed by atoms with Gasteiger partial charge in [-0.25, -0.2) is 0 Å². The summed E-state index contributed by atoms with van der Waals surface area (Å²) in [5.74, 6) is -0.0833. The molecule has 2 aromatic rings. The van der Waals surface area contributed by atoms with Crippen LogP contribution in [0.5, 0.6) is 0 Å². The molecule has 0 atom stereocenters. The molecule has 2 rings (SSSR count). The summed E-state index contributed by atoms with van der Waals surface area (Å²) >= 11 is 1.69. The van der Waals surface area contributed by atoms with Gasteiger partial charge in [0.25, 0.3) is 5.91 Å². The first kappa shape index (κ1) is 13.8. The van der Waals surface area contributed by atoms with E-state index in [2.05, 4.69) is 11.4 Å². The second-order valence-corrected chi connectivity index (χ2v) is 6.30. The molecule has 2 aromatic heterocycles. The highest BCUT2D eigenvalue weighted by Crippen LogP contribution is 2.13. The largest absolute Gasteiger partial charge is 0.349 e. The first-order valence-electron chi connectivity index (χ1n) is 6.20. The molecule has 0 spiro atoms. The van der Waals surface area contributed by atoms with Gasteiger partial charge in [0.2, 0.25) is 0 Å². The standard InChI is InChI=1S/C14H19N3OS/c1-14(2,15)10-16-13(18)12-6-3-7-17(12)9-11-5-4-8-19-11/h3-8H,9-10,15H2,1-2H3,(H,16,18). The lowest BCUT2D eigenvalue weighted by molar-refractivity contribution is 0.0937. The number of carbonyl (C=O) groups excluding carboxylic acids is 1. The molecular weight excluding hydrogens is 258 g/mol. The molecule has 1 amide bonds. The summed E-state index contributed by atoms with van der Waals surface area (Å²) in [4.78, 5) is 13.3. The molecule has 0 aromatic carbocycles. The van der Waals surface area contributed by atoms with E-state index in [-0.39, 0.29) is 5.91 Å². The van der Waals surface area contributed by atoms with Gasteiger partial charge in [-0.3, -0.25) is 4.79 Å². The lowest BCUT2D eigenvalue weighted by Gasteiger charge is -2.19. The summed E-state index contributed by atoms with van der Waals surface area (Å²) in [6, 6.07) is 7.79. The van der Waals surface area contributed by atoms with Crippen molar-refractivity contribution in [3.05, 3.63) is 46.4 Å². The van der Waals surface area contributed by atoms with Crippen LogP contribution in [0.1, 0.15) is 29.2 Å². The van der Waals surface area contributed by atoms with Crippen LogP contribution in [0.4, 0.5) is 0 Å². The first-order chi connectivity index (χ1) is 8.96. The third-order valence-electron chi connectivity index (χ3n) is 2.67. The molecule has 0 fully saturated rings. The molecule has 5 heteroatoms. The highest BCUT2D eigenvalue weighted by Gasteiger charge is 2.15. The Hall–Kier alpha value is -1.59. The fraction of sp³-hybridized carbons (Fsp3) is 0.357. The Bertz CT molecular complexity index is 537. The van der Waals surface area contributed by atoms with Gasteiger partial charge >= 0.3 is 0 Å². The Balaban J connectivity index is 2.04. The fourth-order valence-corrected chi connectivity index (χ4v) is 2.43. The van der Waals surface area contributed by atoms with Gasteiger partial charge in [0.15, 0.2) is 0 Å². The van der Waals surface area contributed by atoms with Crippen LogP contribution in [0.15, 0.2) is 35.8 Å². The van der Waals surface area contributed by atoms with Crippen LogP contribution in [0.25, 0.3) is 0 Å². The van der Waals surface area contributed by atoms with Gasteiger partial charge in [-0.2, -0.15) is 0 Å². The van der Waals surface area contributed by atoms with Crippen molar-refractivity contribution in [2.75, 3.05) is 6.54 Å². The normalized spacial score (nSPS) is 11.5. The number of nitrogens with two attached hydrogens (primary N) is 1. The zero-order valence-electron chi connectivity index (χ0n) is 11.2. The van der Waals surface area contributed by atoms with Gasteiger partial charge in [0.05, 0.1) is 6.54 Å². The lowest BCUT2D eigenvalue weighted by Crippen LogP contribution is -2.45. The van der Waals surface area contributed by atoms with Crippen molar-refractivity contribution in [1.29, 1.82) is 0 Å². The van der Waals surface area contributed by atoms with Crippen molar-refractivity contribution in [3.63, 3.8) is 0 Å². The summed E-state index contributed by atoms with van der Waals surface area (Å²) in [5.41, 5.74) is 6.13. The van der Waals surface area contributed by atoms with Crippen molar-refractivity contribution in [2.24, 2.45) is 5.73 Å². The van der Waals surface area contributed by atoms with Crippen LogP contribution >= 0.6 is 11.3 Å². The molecule has 0 aliphatic rings. The molecule has 19 heavy (non-hydrogen) atoms. The van der Waals surface area contributed by atoms with Crippen molar-refractivity contribution >= 4 is 17.2 Å². The number of hydrogen-bond donors (Lipinski definition) is 2. The summed E-state index contributed by atoms with van der Waals surface area (Å²) in [5, 5.41) is 4.90.